The molecule has 9 heteroatoms. The van der Waals surface area contributed by atoms with Crippen LogP contribution in [0.15, 0.2) is 46.6 Å². The molecule has 1 aromatic heterocycles. The van der Waals surface area contributed by atoms with Crippen molar-refractivity contribution in [3.8, 4) is 0 Å². The van der Waals surface area contributed by atoms with E-state index in [9.17, 15) is 9.59 Å². The predicted octanol–water partition coefficient (Wildman–Crippen LogP) is 2.78. The Labute approximate surface area is 186 Å². The Bertz CT molecular complexity index is 1210. The highest BCUT2D eigenvalue weighted by Crippen LogP contribution is 2.45. The summed E-state index contributed by atoms with van der Waals surface area (Å²) < 4.78 is 3.53. The largest absolute Gasteiger partial charge is 0.334 e. The minimum Gasteiger partial charge on any atom is -0.334 e. The van der Waals surface area contributed by atoms with Crippen LogP contribution in [0.5, 0.6) is 0 Å². The van der Waals surface area contributed by atoms with E-state index in [0.717, 1.165) is 22.2 Å². The van der Waals surface area contributed by atoms with E-state index in [0.29, 0.717) is 31.5 Å². The normalized spacial score (nSPS) is 19.9. The van der Waals surface area contributed by atoms with Crippen LogP contribution in [0.2, 0.25) is 0 Å². The van der Waals surface area contributed by atoms with E-state index in [2.05, 4.69) is 30.5 Å². The SMILES string of the molecule is C=CCN1C(=O)/C(=c2/s/c(=C3\Sc4ccccc4N3CC)c(=O)n2CC)SC1=S. The van der Waals surface area contributed by atoms with Gasteiger partial charge in [-0.1, -0.05) is 54.0 Å². The van der Waals surface area contributed by atoms with Crippen molar-refractivity contribution in [2.75, 3.05) is 18.0 Å². The van der Waals surface area contributed by atoms with Gasteiger partial charge >= 0.3 is 0 Å². The molecule has 2 aromatic rings. The van der Waals surface area contributed by atoms with Crippen LogP contribution >= 0.6 is 47.1 Å². The summed E-state index contributed by atoms with van der Waals surface area (Å²) in [5.41, 5.74) is 1.06. The lowest BCUT2D eigenvalue weighted by Crippen LogP contribution is -2.35. The van der Waals surface area contributed by atoms with Crippen molar-refractivity contribution in [2.24, 2.45) is 0 Å². The summed E-state index contributed by atoms with van der Waals surface area (Å²) in [6.07, 6.45) is 1.65. The molecule has 0 bridgehead atoms. The van der Waals surface area contributed by atoms with Gasteiger partial charge in [0.1, 0.15) is 23.4 Å². The number of para-hydroxylation sites is 1. The number of hydrogen-bond donors (Lipinski definition) is 0. The number of carbonyl (C=O) groups is 1. The van der Waals surface area contributed by atoms with E-state index in [1.807, 2.05) is 19.1 Å². The quantitative estimate of drug-likeness (QED) is 0.515. The zero-order chi connectivity index (χ0) is 20.7. The number of amides is 1. The molecule has 0 saturated carbocycles. The van der Waals surface area contributed by atoms with Crippen molar-refractivity contribution >= 4 is 72.9 Å². The summed E-state index contributed by atoms with van der Waals surface area (Å²) >= 11 is 9.62. The zero-order valence-corrected chi connectivity index (χ0v) is 19.3. The lowest BCUT2D eigenvalue weighted by Gasteiger charge is -2.16. The summed E-state index contributed by atoms with van der Waals surface area (Å²) in [6, 6.07) is 8.15. The van der Waals surface area contributed by atoms with E-state index in [4.69, 9.17) is 12.2 Å². The van der Waals surface area contributed by atoms with Gasteiger partial charge in [0.25, 0.3) is 11.5 Å². The minimum atomic E-state index is -0.158. The second-order valence-electron chi connectivity index (χ2n) is 6.31. The van der Waals surface area contributed by atoms with Crippen LogP contribution in [-0.4, -0.2) is 32.8 Å². The van der Waals surface area contributed by atoms with Crippen LogP contribution < -0.4 is 19.7 Å². The maximum atomic E-state index is 13.3. The fourth-order valence-electron chi connectivity index (χ4n) is 3.33. The van der Waals surface area contributed by atoms with Crippen LogP contribution in [0.4, 0.5) is 5.69 Å². The average Bonchev–Trinajstić information content (AvgIpc) is 3.34. The molecule has 4 rings (SSSR count). The molecule has 0 unspecified atom stereocenters. The molecule has 3 heterocycles. The van der Waals surface area contributed by atoms with Gasteiger partial charge in [0.2, 0.25) is 0 Å². The maximum Gasteiger partial charge on any atom is 0.271 e. The molecule has 29 heavy (non-hydrogen) atoms. The summed E-state index contributed by atoms with van der Waals surface area (Å²) in [5.74, 6) is -0.158. The maximum absolute atomic E-state index is 13.3. The zero-order valence-electron chi connectivity index (χ0n) is 16.0. The third kappa shape index (κ3) is 3.30. The van der Waals surface area contributed by atoms with Crippen LogP contribution in [0.1, 0.15) is 13.8 Å². The predicted molar refractivity (Wildman–Crippen MR) is 128 cm³/mol. The molecular weight excluding hydrogens is 443 g/mol. The second-order valence-corrected chi connectivity index (χ2v) is 9.98. The Morgan fingerprint density at radius 1 is 1.10 bits per heavy atom. The molecule has 1 aromatic carbocycles. The van der Waals surface area contributed by atoms with E-state index in [-0.39, 0.29) is 11.5 Å². The second kappa shape index (κ2) is 8.14. The first-order chi connectivity index (χ1) is 14.0. The Balaban J connectivity index is 1.97. The molecule has 0 atom stereocenters. The standard InChI is InChI=1S/C20H19N3O2S4/c1-4-11-23-17(25)15(29-20(23)26)19-22(6-3)16(24)14(28-19)18-21(5-2)12-9-7-8-10-13(12)27-18/h4,7-10H,1,5-6,11H2,2-3H3/b18-14-,19-15-. The smallest absolute Gasteiger partial charge is 0.271 e. The number of aromatic nitrogens is 1. The molecule has 0 radical (unpaired) electrons. The van der Waals surface area contributed by atoms with Crippen LogP contribution in [0.25, 0.3) is 9.93 Å². The number of hydrogen-bond acceptors (Lipinski definition) is 7. The molecular formula is C20H19N3O2S4. The van der Waals surface area contributed by atoms with Crippen molar-refractivity contribution in [1.82, 2.24) is 9.47 Å². The number of carbonyl (C=O) groups excluding carboxylic acids is 1. The molecule has 0 N–H and O–H groups in total. The molecule has 0 aliphatic carbocycles. The van der Waals surface area contributed by atoms with E-state index >= 15 is 0 Å². The third-order valence-corrected chi connectivity index (χ3v) is 8.74. The lowest BCUT2D eigenvalue weighted by molar-refractivity contribution is -0.120. The Morgan fingerprint density at radius 2 is 1.86 bits per heavy atom. The van der Waals surface area contributed by atoms with Gasteiger partial charge in [0, 0.05) is 24.5 Å². The molecule has 1 amide bonds. The van der Waals surface area contributed by atoms with Gasteiger partial charge in [0.15, 0.2) is 0 Å². The fraction of sp³-hybridized carbons (Fsp3) is 0.250. The summed E-state index contributed by atoms with van der Waals surface area (Å²) in [7, 11) is 0. The van der Waals surface area contributed by atoms with Crippen molar-refractivity contribution in [3.05, 3.63) is 56.5 Å². The van der Waals surface area contributed by atoms with E-state index < -0.39 is 0 Å². The molecule has 1 saturated heterocycles. The highest BCUT2D eigenvalue weighted by Gasteiger charge is 2.34. The number of fused-ring (bicyclic) bond motifs is 1. The van der Waals surface area contributed by atoms with E-state index in [1.54, 1.807) is 22.4 Å². The Kier molecular flexibility index (Phi) is 5.74. The highest BCUT2D eigenvalue weighted by molar-refractivity contribution is 8.30. The van der Waals surface area contributed by atoms with Crippen molar-refractivity contribution in [1.29, 1.82) is 0 Å². The molecule has 2 aliphatic rings. The molecule has 1 fully saturated rings. The number of nitrogens with zero attached hydrogens (tertiary/aromatic N) is 3. The summed E-state index contributed by atoms with van der Waals surface area (Å²) in [5, 5.41) is 0.929. The van der Waals surface area contributed by atoms with Gasteiger partial charge in [-0.05, 0) is 26.0 Å². The Morgan fingerprint density at radius 3 is 2.55 bits per heavy atom. The molecule has 0 spiro atoms. The van der Waals surface area contributed by atoms with Gasteiger partial charge < -0.3 is 4.90 Å². The van der Waals surface area contributed by atoms with E-state index in [1.165, 1.54) is 28.0 Å². The number of thioether (sulfide) groups is 2. The van der Waals surface area contributed by atoms with Gasteiger partial charge in [0.05, 0.1) is 5.69 Å². The minimum absolute atomic E-state index is 0.0600. The van der Waals surface area contributed by atoms with Crippen LogP contribution in [0, 0.1) is 0 Å². The van der Waals surface area contributed by atoms with Gasteiger partial charge in [-0.15, -0.1) is 17.9 Å². The van der Waals surface area contributed by atoms with Crippen LogP contribution in [-0.2, 0) is 11.3 Å². The first-order valence-corrected chi connectivity index (χ1v) is 12.0. The first-order valence-electron chi connectivity index (χ1n) is 9.19. The van der Waals surface area contributed by atoms with Crippen LogP contribution in [0.3, 0.4) is 0 Å². The Hall–Kier alpha value is -1.81. The van der Waals surface area contributed by atoms with Gasteiger partial charge in [-0.2, -0.15) is 0 Å². The molecule has 150 valence electrons. The van der Waals surface area contributed by atoms with Crippen molar-refractivity contribution in [2.45, 2.75) is 25.3 Å². The lowest BCUT2D eigenvalue weighted by atomic mass is 10.3. The number of anilines is 1. The number of thiazole rings is 1. The van der Waals surface area contributed by atoms with Gasteiger partial charge in [-0.25, -0.2) is 0 Å². The fourth-order valence-corrected chi connectivity index (χ4v) is 7.32. The number of benzene rings is 1. The first kappa shape index (κ1) is 20.5. The molecule has 5 nitrogen and oxygen atoms in total. The number of thiocarbonyl (C=S) groups is 1. The molecule has 2 aliphatic heterocycles. The highest BCUT2D eigenvalue weighted by atomic mass is 32.2. The summed E-state index contributed by atoms with van der Waals surface area (Å²) in [4.78, 5) is 31.6. The van der Waals surface area contributed by atoms with Crippen molar-refractivity contribution in [3.63, 3.8) is 0 Å². The van der Waals surface area contributed by atoms with Gasteiger partial charge in [-0.3, -0.25) is 19.1 Å². The van der Waals surface area contributed by atoms with Crippen molar-refractivity contribution < 1.29 is 4.79 Å². The number of rotatable bonds is 4. The average molecular weight is 462 g/mol. The summed E-state index contributed by atoms with van der Waals surface area (Å²) in [6.45, 7) is 9.32. The third-order valence-electron chi connectivity index (χ3n) is 4.67. The monoisotopic (exact) mass is 461 g/mol. The topological polar surface area (TPSA) is 45.6 Å².